The van der Waals surface area contributed by atoms with Gasteiger partial charge in [-0.1, -0.05) is 6.07 Å². The highest BCUT2D eigenvalue weighted by Gasteiger charge is 2.22. The minimum atomic E-state index is -3.94. The van der Waals surface area contributed by atoms with Gasteiger partial charge in [-0.15, -0.1) is 0 Å². The van der Waals surface area contributed by atoms with Crippen molar-refractivity contribution in [3.8, 4) is 0 Å². The molecule has 0 fully saturated rings. The van der Waals surface area contributed by atoms with Crippen LogP contribution in [0.25, 0.3) is 0 Å². The molecule has 0 saturated carbocycles. The van der Waals surface area contributed by atoms with Gasteiger partial charge in [0.2, 0.25) is 10.0 Å². The number of primary sulfonamides is 1. The fraction of sp³-hybridized carbons (Fsp3) is 0.190. The van der Waals surface area contributed by atoms with Gasteiger partial charge in [0.15, 0.2) is 0 Å². The number of pyridine rings is 2. The second kappa shape index (κ2) is 8.50. The molecule has 0 aliphatic heterocycles. The van der Waals surface area contributed by atoms with Crippen LogP contribution in [-0.4, -0.2) is 29.2 Å². The van der Waals surface area contributed by atoms with E-state index in [1.54, 1.807) is 55.7 Å². The molecule has 1 amide bonds. The molecular formula is C21H22N4O3S. The summed E-state index contributed by atoms with van der Waals surface area (Å²) in [6, 6.07) is 10.4. The molecule has 0 radical (unpaired) electrons. The summed E-state index contributed by atoms with van der Waals surface area (Å²) in [7, 11) is -3.94. The molecule has 29 heavy (non-hydrogen) atoms. The van der Waals surface area contributed by atoms with E-state index >= 15 is 0 Å². The van der Waals surface area contributed by atoms with Gasteiger partial charge in [0.1, 0.15) is 0 Å². The molecule has 3 rings (SSSR count). The number of aryl methyl sites for hydroxylation is 1. The van der Waals surface area contributed by atoms with Crippen LogP contribution in [0.3, 0.4) is 0 Å². The smallest absolute Gasteiger partial charge is 0.254 e. The Hall–Kier alpha value is -3.10. The van der Waals surface area contributed by atoms with Crippen molar-refractivity contribution in [1.29, 1.82) is 0 Å². The number of nitrogens with two attached hydrogens (primary N) is 1. The first-order valence-electron chi connectivity index (χ1n) is 8.97. The van der Waals surface area contributed by atoms with Crippen molar-refractivity contribution in [2.75, 3.05) is 0 Å². The van der Waals surface area contributed by atoms with Crippen molar-refractivity contribution in [2.45, 2.75) is 31.8 Å². The van der Waals surface area contributed by atoms with Gasteiger partial charge in [0.05, 0.1) is 4.90 Å². The summed E-state index contributed by atoms with van der Waals surface area (Å²) in [5.41, 5.74) is 3.27. The van der Waals surface area contributed by atoms with Crippen LogP contribution >= 0.6 is 0 Å². The molecule has 0 aliphatic rings. The lowest BCUT2D eigenvalue weighted by atomic mass is 10.0. The summed E-state index contributed by atoms with van der Waals surface area (Å²) >= 11 is 0. The predicted molar refractivity (Wildman–Crippen MR) is 109 cm³/mol. The summed E-state index contributed by atoms with van der Waals surface area (Å²) in [5.74, 6) is -0.293. The van der Waals surface area contributed by atoms with Gasteiger partial charge in [-0.25, -0.2) is 13.6 Å². The highest BCUT2D eigenvalue weighted by Crippen LogP contribution is 2.22. The lowest BCUT2D eigenvalue weighted by Gasteiger charge is -2.24. The van der Waals surface area contributed by atoms with Crippen molar-refractivity contribution in [1.82, 2.24) is 14.9 Å². The average molecular weight is 410 g/mol. The minimum Gasteiger partial charge on any atom is -0.330 e. The lowest BCUT2D eigenvalue weighted by molar-refractivity contribution is 0.0729. The van der Waals surface area contributed by atoms with E-state index in [4.69, 9.17) is 5.14 Å². The topological polar surface area (TPSA) is 106 Å². The Labute approximate surface area is 170 Å². The SMILES string of the molecule is Cc1cc(C(=O)N(Cc2ccncc2)Cc2cccnc2)cc(S(N)(=O)=O)c1C. The van der Waals surface area contributed by atoms with E-state index in [1.165, 1.54) is 6.07 Å². The predicted octanol–water partition coefficient (Wildman–Crippen LogP) is 2.58. The van der Waals surface area contributed by atoms with Crippen LogP contribution in [-0.2, 0) is 23.1 Å². The Morgan fingerprint density at radius 2 is 1.69 bits per heavy atom. The highest BCUT2D eigenvalue weighted by atomic mass is 32.2. The fourth-order valence-electron chi connectivity index (χ4n) is 3.05. The molecule has 0 saturated heterocycles. The van der Waals surface area contributed by atoms with E-state index in [-0.39, 0.29) is 16.4 Å². The molecule has 150 valence electrons. The van der Waals surface area contributed by atoms with Gasteiger partial charge in [-0.05, 0) is 66.4 Å². The molecule has 0 aliphatic carbocycles. The van der Waals surface area contributed by atoms with E-state index in [2.05, 4.69) is 9.97 Å². The van der Waals surface area contributed by atoms with Crippen molar-refractivity contribution < 1.29 is 13.2 Å². The summed E-state index contributed by atoms with van der Waals surface area (Å²) in [4.78, 5) is 23.1. The Balaban J connectivity index is 2.01. The van der Waals surface area contributed by atoms with Crippen molar-refractivity contribution in [2.24, 2.45) is 5.14 Å². The molecule has 0 bridgehead atoms. The average Bonchev–Trinajstić information content (AvgIpc) is 2.69. The molecule has 2 aromatic heterocycles. The first-order valence-corrected chi connectivity index (χ1v) is 10.5. The van der Waals surface area contributed by atoms with Crippen LogP contribution in [0.2, 0.25) is 0 Å². The third-order valence-electron chi connectivity index (χ3n) is 4.68. The van der Waals surface area contributed by atoms with Gasteiger partial charge in [0, 0.05) is 43.4 Å². The summed E-state index contributed by atoms with van der Waals surface area (Å²) < 4.78 is 23.9. The van der Waals surface area contributed by atoms with Crippen molar-refractivity contribution in [3.05, 3.63) is 89.0 Å². The van der Waals surface area contributed by atoms with Gasteiger partial charge in [-0.3, -0.25) is 14.8 Å². The summed E-state index contributed by atoms with van der Waals surface area (Å²) in [5, 5.41) is 5.35. The molecule has 1 aromatic carbocycles. The lowest BCUT2D eigenvalue weighted by Crippen LogP contribution is -2.30. The van der Waals surface area contributed by atoms with Gasteiger partial charge in [0.25, 0.3) is 5.91 Å². The molecule has 0 spiro atoms. The maximum atomic E-state index is 13.4. The normalized spacial score (nSPS) is 11.3. The standard InChI is InChI=1S/C21H22N4O3S/c1-15-10-19(11-20(16(15)2)29(22,27)28)21(26)25(13-17-5-8-23-9-6-17)14-18-4-3-7-24-12-18/h3-12H,13-14H2,1-2H3,(H2,22,27,28). The molecule has 8 heteroatoms. The van der Waals surface area contributed by atoms with Crippen molar-refractivity contribution >= 4 is 15.9 Å². The van der Waals surface area contributed by atoms with Crippen LogP contribution < -0.4 is 5.14 Å². The van der Waals surface area contributed by atoms with E-state index in [1.807, 2.05) is 18.2 Å². The number of sulfonamides is 1. The first kappa shape index (κ1) is 20.6. The zero-order valence-corrected chi connectivity index (χ0v) is 17.1. The maximum Gasteiger partial charge on any atom is 0.254 e. The third kappa shape index (κ3) is 5.04. The second-order valence-electron chi connectivity index (χ2n) is 6.84. The number of nitrogens with zero attached hydrogens (tertiary/aromatic N) is 3. The van der Waals surface area contributed by atoms with Gasteiger partial charge < -0.3 is 4.90 Å². The maximum absolute atomic E-state index is 13.4. The molecule has 3 aromatic rings. The number of hydrogen-bond acceptors (Lipinski definition) is 5. The second-order valence-corrected chi connectivity index (χ2v) is 8.37. The number of hydrogen-bond donors (Lipinski definition) is 1. The van der Waals surface area contributed by atoms with Gasteiger partial charge >= 0.3 is 0 Å². The largest absolute Gasteiger partial charge is 0.330 e. The van der Waals surface area contributed by atoms with E-state index in [0.29, 0.717) is 24.2 Å². The Morgan fingerprint density at radius 3 is 2.31 bits per heavy atom. The fourth-order valence-corrected chi connectivity index (χ4v) is 3.93. The Morgan fingerprint density at radius 1 is 1.00 bits per heavy atom. The summed E-state index contributed by atoms with van der Waals surface area (Å²) in [6.45, 7) is 4.10. The van der Waals surface area contributed by atoms with Crippen LogP contribution in [0.5, 0.6) is 0 Å². The van der Waals surface area contributed by atoms with Crippen LogP contribution in [0.15, 0.2) is 66.1 Å². The molecule has 0 atom stereocenters. The zero-order valence-electron chi connectivity index (χ0n) is 16.2. The number of rotatable bonds is 6. The monoisotopic (exact) mass is 410 g/mol. The van der Waals surface area contributed by atoms with Crippen LogP contribution in [0, 0.1) is 13.8 Å². The highest BCUT2D eigenvalue weighted by molar-refractivity contribution is 7.89. The van der Waals surface area contributed by atoms with Gasteiger partial charge in [-0.2, -0.15) is 0 Å². The molecule has 2 N–H and O–H groups in total. The number of amides is 1. The van der Waals surface area contributed by atoms with Crippen LogP contribution in [0.1, 0.15) is 32.6 Å². The van der Waals surface area contributed by atoms with E-state index in [0.717, 1.165) is 11.1 Å². The number of carbonyl (C=O) groups is 1. The minimum absolute atomic E-state index is 0.0360. The summed E-state index contributed by atoms with van der Waals surface area (Å²) in [6.07, 6.45) is 6.69. The van der Waals surface area contributed by atoms with E-state index < -0.39 is 10.0 Å². The Kier molecular flexibility index (Phi) is 6.05. The third-order valence-corrected chi connectivity index (χ3v) is 5.72. The van der Waals surface area contributed by atoms with Crippen molar-refractivity contribution in [3.63, 3.8) is 0 Å². The molecule has 7 nitrogen and oxygen atoms in total. The number of benzene rings is 1. The molecule has 2 heterocycles. The van der Waals surface area contributed by atoms with E-state index in [9.17, 15) is 13.2 Å². The number of carbonyl (C=O) groups excluding carboxylic acids is 1. The molecule has 0 unspecified atom stereocenters. The van der Waals surface area contributed by atoms with Crippen LogP contribution in [0.4, 0.5) is 0 Å². The quantitative estimate of drug-likeness (QED) is 0.672. The zero-order chi connectivity index (χ0) is 21.0. The Bertz CT molecular complexity index is 1080. The molecular weight excluding hydrogens is 388 g/mol. The first-order chi connectivity index (χ1) is 13.8. The number of aromatic nitrogens is 2.